The summed E-state index contributed by atoms with van der Waals surface area (Å²) in [7, 11) is 0. The van der Waals surface area contributed by atoms with Gasteiger partial charge in [0.1, 0.15) is 13.2 Å². The van der Waals surface area contributed by atoms with Gasteiger partial charge in [0.05, 0.1) is 0 Å². The Morgan fingerprint density at radius 1 is 0.345 bits per heavy atom. The normalized spacial score (nSPS) is 12.3. The van der Waals surface area contributed by atoms with Crippen molar-refractivity contribution in [3.8, 4) is 0 Å². The summed E-state index contributed by atoms with van der Waals surface area (Å²) in [5, 5.41) is 0. The topological polar surface area (TPSA) is 78.9 Å². The van der Waals surface area contributed by atoms with E-state index in [2.05, 4.69) is 57.2 Å². The average Bonchev–Trinajstić information content (AvgIpc) is 3.22. The molecule has 0 aromatic carbocycles. The van der Waals surface area contributed by atoms with Crippen molar-refractivity contribution in [3.05, 3.63) is 36.5 Å². The molecule has 58 heavy (non-hydrogen) atoms. The molecule has 0 N–H and O–H groups in total. The summed E-state index contributed by atoms with van der Waals surface area (Å²) in [6.45, 7) is 6.55. The first-order valence-corrected chi connectivity index (χ1v) is 25.0. The van der Waals surface area contributed by atoms with E-state index in [1.54, 1.807) is 0 Å². The zero-order chi connectivity index (χ0) is 42.3. The molecule has 0 aliphatic heterocycles. The highest BCUT2D eigenvalue weighted by Gasteiger charge is 2.19. The second kappa shape index (κ2) is 47.3. The quantitative estimate of drug-likeness (QED) is 0.0264. The van der Waals surface area contributed by atoms with Gasteiger partial charge in [0.15, 0.2) is 6.10 Å². The van der Waals surface area contributed by atoms with Crippen LogP contribution in [-0.4, -0.2) is 37.2 Å². The summed E-state index contributed by atoms with van der Waals surface area (Å²) >= 11 is 0. The van der Waals surface area contributed by atoms with Gasteiger partial charge in [-0.3, -0.25) is 14.4 Å². The molecule has 338 valence electrons. The van der Waals surface area contributed by atoms with Gasteiger partial charge in [0.2, 0.25) is 0 Å². The van der Waals surface area contributed by atoms with Crippen molar-refractivity contribution in [1.82, 2.24) is 0 Å². The van der Waals surface area contributed by atoms with Crippen LogP contribution in [0.1, 0.15) is 258 Å². The summed E-state index contributed by atoms with van der Waals surface area (Å²) in [6.07, 6.45) is 54.3. The van der Waals surface area contributed by atoms with Crippen molar-refractivity contribution >= 4 is 17.9 Å². The first-order valence-electron chi connectivity index (χ1n) is 25.0. The SMILES string of the molecule is CCCCC/C=C\C/C=C\CCCCCCCCCCCC(=O)OCC(COC(=O)CCCCCCCC)OC(=O)CCCCCCC/C=C\CCCCCCCC. The van der Waals surface area contributed by atoms with E-state index in [4.69, 9.17) is 14.2 Å². The first kappa shape index (κ1) is 55.6. The fraction of sp³-hybridized carbons (Fsp3) is 0.827. The molecule has 1 unspecified atom stereocenters. The second-order valence-corrected chi connectivity index (χ2v) is 16.7. The molecule has 0 radical (unpaired) electrons. The predicted molar refractivity (Wildman–Crippen MR) is 247 cm³/mol. The largest absolute Gasteiger partial charge is 0.462 e. The van der Waals surface area contributed by atoms with Crippen LogP contribution in [-0.2, 0) is 28.6 Å². The number of carbonyl (C=O) groups is 3. The van der Waals surface area contributed by atoms with E-state index in [1.807, 2.05) is 0 Å². The van der Waals surface area contributed by atoms with E-state index in [1.165, 1.54) is 148 Å². The highest BCUT2D eigenvalue weighted by atomic mass is 16.6. The van der Waals surface area contributed by atoms with Crippen LogP contribution in [0.15, 0.2) is 36.5 Å². The fourth-order valence-corrected chi connectivity index (χ4v) is 7.05. The fourth-order valence-electron chi connectivity index (χ4n) is 7.05. The predicted octanol–water partition coefficient (Wildman–Crippen LogP) is 16.1. The van der Waals surface area contributed by atoms with E-state index < -0.39 is 6.10 Å². The summed E-state index contributed by atoms with van der Waals surface area (Å²) in [4.78, 5) is 37.7. The van der Waals surface area contributed by atoms with Crippen LogP contribution in [0.4, 0.5) is 0 Å². The van der Waals surface area contributed by atoms with Gasteiger partial charge >= 0.3 is 17.9 Å². The molecule has 0 saturated carbocycles. The number of rotatable bonds is 45. The van der Waals surface area contributed by atoms with Crippen LogP contribution < -0.4 is 0 Å². The third-order valence-electron chi connectivity index (χ3n) is 10.9. The summed E-state index contributed by atoms with van der Waals surface area (Å²) < 4.78 is 16.7. The molecule has 0 bridgehead atoms. The Morgan fingerprint density at radius 2 is 0.621 bits per heavy atom. The molecule has 1 atom stereocenters. The van der Waals surface area contributed by atoms with Crippen molar-refractivity contribution in [2.24, 2.45) is 0 Å². The van der Waals surface area contributed by atoms with E-state index in [0.29, 0.717) is 19.3 Å². The average molecular weight is 815 g/mol. The number of carbonyl (C=O) groups excluding carboxylic acids is 3. The number of unbranched alkanes of at least 4 members (excludes halogenated alkanes) is 28. The van der Waals surface area contributed by atoms with E-state index in [-0.39, 0.29) is 31.1 Å². The maximum atomic E-state index is 12.7. The molecule has 0 aromatic rings. The highest BCUT2D eigenvalue weighted by Crippen LogP contribution is 2.14. The van der Waals surface area contributed by atoms with Crippen LogP contribution in [0.2, 0.25) is 0 Å². The number of hydrogen-bond donors (Lipinski definition) is 0. The van der Waals surface area contributed by atoms with E-state index >= 15 is 0 Å². The van der Waals surface area contributed by atoms with Gasteiger partial charge in [-0.1, -0.05) is 198 Å². The number of esters is 3. The third kappa shape index (κ3) is 44.7. The lowest BCUT2D eigenvalue weighted by atomic mass is 10.1. The molecule has 0 aliphatic rings. The molecule has 0 aliphatic carbocycles. The van der Waals surface area contributed by atoms with Crippen LogP contribution >= 0.6 is 0 Å². The third-order valence-corrected chi connectivity index (χ3v) is 10.9. The summed E-state index contributed by atoms with van der Waals surface area (Å²) in [5.74, 6) is -0.892. The van der Waals surface area contributed by atoms with Crippen molar-refractivity contribution < 1.29 is 28.6 Å². The lowest BCUT2D eigenvalue weighted by molar-refractivity contribution is -0.167. The Kier molecular flexibility index (Phi) is 45.4. The Labute approximate surface area is 359 Å². The van der Waals surface area contributed by atoms with Gasteiger partial charge in [0.25, 0.3) is 0 Å². The van der Waals surface area contributed by atoms with Crippen molar-refractivity contribution in [1.29, 1.82) is 0 Å². The van der Waals surface area contributed by atoms with Gasteiger partial charge in [-0.15, -0.1) is 0 Å². The van der Waals surface area contributed by atoms with Crippen molar-refractivity contribution in [3.63, 3.8) is 0 Å². The van der Waals surface area contributed by atoms with Crippen LogP contribution in [0.3, 0.4) is 0 Å². The molecule has 0 spiro atoms. The zero-order valence-corrected chi connectivity index (χ0v) is 38.6. The monoisotopic (exact) mass is 815 g/mol. The van der Waals surface area contributed by atoms with Crippen molar-refractivity contribution in [2.45, 2.75) is 264 Å². The Hall–Kier alpha value is -2.37. The smallest absolute Gasteiger partial charge is 0.306 e. The minimum Gasteiger partial charge on any atom is -0.462 e. The molecule has 6 heteroatoms. The molecular formula is C52H94O6. The Morgan fingerprint density at radius 3 is 1.00 bits per heavy atom. The van der Waals surface area contributed by atoms with Gasteiger partial charge in [-0.05, 0) is 77.0 Å². The summed E-state index contributed by atoms with van der Waals surface area (Å²) in [6, 6.07) is 0. The lowest BCUT2D eigenvalue weighted by Gasteiger charge is -2.18. The van der Waals surface area contributed by atoms with Crippen LogP contribution in [0.5, 0.6) is 0 Å². The van der Waals surface area contributed by atoms with Crippen LogP contribution in [0, 0.1) is 0 Å². The van der Waals surface area contributed by atoms with E-state index in [0.717, 1.165) is 70.6 Å². The van der Waals surface area contributed by atoms with Gasteiger partial charge in [-0.25, -0.2) is 0 Å². The second-order valence-electron chi connectivity index (χ2n) is 16.7. The maximum absolute atomic E-state index is 12.7. The van der Waals surface area contributed by atoms with Gasteiger partial charge < -0.3 is 14.2 Å². The number of allylic oxidation sites excluding steroid dienone is 6. The molecule has 0 heterocycles. The Balaban J connectivity index is 4.21. The van der Waals surface area contributed by atoms with Crippen molar-refractivity contribution in [2.75, 3.05) is 13.2 Å². The minimum atomic E-state index is -0.772. The van der Waals surface area contributed by atoms with E-state index in [9.17, 15) is 14.4 Å². The number of ether oxygens (including phenoxy) is 3. The summed E-state index contributed by atoms with van der Waals surface area (Å²) in [5.41, 5.74) is 0. The molecular weight excluding hydrogens is 721 g/mol. The van der Waals surface area contributed by atoms with Gasteiger partial charge in [0, 0.05) is 19.3 Å². The molecule has 0 aromatic heterocycles. The first-order chi connectivity index (χ1) is 28.5. The molecule has 0 fully saturated rings. The minimum absolute atomic E-state index is 0.0758. The lowest BCUT2D eigenvalue weighted by Crippen LogP contribution is -2.30. The molecule has 0 rings (SSSR count). The Bertz CT molecular complexity index is 984. The standard InChI is InChI=1S/C52H94O6/c1-4-7-10-13-16-18-20-22-24-25-26-27-29-30-32-34-36-39-42-45-51(54)57-48-49(47-56-50(53)44-41-38-15-12-9-6-3)58-52(55)46-43-40-37-35-33-31-28-23-21-19-17-14-11-8-5-2/h16,18,22-24,28,49H,4-15,17,19-21,25-27,29-48H2,1-3H3/b18-16-,24-22-,28-23-. The number of hydrogen-bond acceptors (Lipinski definition) is 6. The maximum Gasteiger partial charge on any atom is 0.306 e. The van der Waals surface area contributed by atoms with Crippen LogP contribution in [0.25, 0.3) is 0 Å². The van der Waals surface area contributed by atoms with Gasteiger partial charge in [-0.2, -0.15) is 0 Å². The zero-order valence-electron chi connectivity index (χ0n) is 38.6. The highest BCUT2D eigenvalue weighted by molar-refractivity contribution is 5.71. The molecule has 0 saturated heterocycles. The molecule has 6 nitrogen and oxygen atoms in total. The molecule has 0 amide bonds.